The average molecular weight is 369 g/mol. The van der Waals surface area contributed by atoms with Crippen molar-refractivity contribution in [1.82, 2.24) is 4.90 Å². The molecule has 1 heterocycles. The summed E-state index contributed by atoms with van der Waals surface area (Å²) in [6.45, 7) is 5.47. The van der Waals surface area contributed by atoms with Gasteiger partial charge in [0, 0.05) is 11.4 Å². The van der Waals surface area contributed by atoms with E-state index in [-0.39, 0.29) is 10.7 Å². The Morgan fingerprint density at radius 3 is 2.62 bits per heavy atom. The van der Waals surface area contributed by atoms with Gasteiger partial charge in [-0.2, -0.15) is 0 Å². The summed E-state index contributed by atoms with van der Waals surface area (Å²) in [5.41, 5.74) is 0. The molecule has 0 aliphatic heterocycles. The molecule has 1 rings (SSSR count). The Labute approximate surface area is 117 Å². The van der Waals surface area contributed by atoms with Crippen LogP contribution < -0.4 is 0 Å². The summed E-state index contributed by atoms with van der Waals surface area (Å²) >= 11 is 8.51. The smallest absolute Gasteiger partial charge is 0.236 e. The summed E-state index contributed by atoms with van der Waals surface area (Å²) in [4.78, 5) is 15.0. The Kier molecular flexibility index (Phi) is 6.00. The summed E-state index contributed by atoms with van der Waals surface area (Å²) < 4.78 is 1.11. The maximum Gasteiger partial charge on any atom is 0.236 e. The first kappa shape index (κ1) is 14.2. The fourth-order valence-corrected chi connectivity index (χ4v) is 3.13. The first-order valence-corrected chi connectivity index (χ1v) is 7.78. The molecular formula is C11H15Br2NOS. The van der Waals surface area contributed by atoms with Crippen molar-refractivity contribution in [3.8, 4) is 0 Å². The van der Waals surface area contributed by atoms with Gasteiger partial charge < -0.3 is 4.90 Å². The van der Waals surface area contributed by atoms with E-state index in [9.17, 15) is 4.79 Å². The van der Waals surface area contributed by atoms with Crippen LogP contribution in [-0.2, 0) is 11.3 Å². The van der Waals surface area contributed by atoms with Crippen molar-refractivity contribution in [2.45, 2.75) is 31.6 Å². The summed E-state index contributed by atoms with van der Waals surface area (Å²) in [6.07, 6.45) is 0.823. The quantitative estimate of drug-likeness (QED) is 0.718. The minimum atomic E-state index is -0.0594. The van der Waals surface area contributed by atoms with E-state index in [0.717, 1.165) is 16.8 Å². The third-order valence-corrected chi connectivity index (χ3v) is 4.94. The normalized spacial score (nSPS) is 12.5. The molecule has 1 aromatic heterocycles. The molecule has 0 radical (unpaired) electrons. The van der Waals surface area contributed by atoms with Gasteiger partial charge in [0.25, 0.3) is 0 Å². The molecule has 0 saturated carbocycles. The highest BCUT2D eigenvalue weighted by atomic mass is 79.9. The molecule has 1 atom stereocenters. The van der Waals surface area contributed by atoms with Crippen molar-refractivity contribution < 1.29 is 4.79 Å². The van der Waals surface area contributed by atoms with Gasteiger partial charge in [0.15, 0.2) is 0 Å². The number of alkyl halides is 1. The standard InChI is InChI=1S/C11H15Br2NOS/c1-3-9(12)11(15)14(4-2)7-8-5-6-10(13)16-8/h5-6,9H,3-4,7H2,1-2H3. The molecule has 1 unspecified atom stereocenters. The number of carbonyl (C=O) groups is 1. The van der Waals surface area contributed by atoms with E-state index in [0.29, 0.717) is 6.54 Å². The lowest BCUT2D eigenvalue weighted by molar-refractivity contribution is -0.130. The zero-order chi connectivity index (χ0) is 12.1. The first-order chi connectivity index (χ1) is 7.58. The van der Waals surface area contributed by atoms with Gasteiger partial charge in [0.05, 0.1) is 15.2 Å². The second-order valence-electron chi connectivity index (χ2n) is 3.43. The lowest BCUT2D eigenvalue weighted by atomic mass is 10.3. The van der Waals surface area contributed by atoms with Gasteiger partial charge in [-0.3, -0.25) is 4.79 Å². The van der Waals surface area contributed by atoms with E-state index in [1.165, 1.54) is 4.88 Å². The fraction of sp³-hybridized carbons (Fsp3) is 0.545. The highest BCUT2D eigenvalue weighted by Crippen LogP contribution is 2.24. The Morgan fingerprint density at radius 1 is 1.50 bits per heavy atom. The number of amides is 1. The van der Waals surface area contributed by atoms with Gasteiger partial charge in [-0.1, -0.05) is 22.9 Å². The van der Waals surface area contributed by atoms with Crippen LogP contribution in [0.15, 0.2) is 15.9 Å². The Bertz CT molecular complexity index is 354. The van der Waals surface area contributed by atoms with Crippen LogP contribution in [0.2, 0.25) is 0 Å². The van der Waals surface area contributed by atoms with Crippen molar-refractivity contribution in [1.29, 1.82) is 0 Å². The van der Waals surface area contributed by atoms with E-state index >= 15 is 0 Å². The largest absolute Gasteiger partial charge is 0.337 e. The Hall–Kier alpha value is 0.130. The van der Waals surface area contributed by atoms with Gasteiger partial charge in [-0.05, 0) is 41.4 Å². The average Bonchev–Trinajstić information content (AvgIpc) is 2.69. The second kappa shape index (κ2) is 6.77. The molecule has 0 aromatic carbocycles. The summed E-state index contributed by atoms with van der Waals surface area (Å²) in [5, 5.41) is 0. The predicted molar refractivity (Wildman–Crippen MR) is 76.1 cm³/mol. The van der Waals surface area contributed by atoms with E-state index in [1.54, 1.807) is 11.3 Å². The van der Waals surface area contributed by atoms with Crippen molar-refractivity contribution in [2.75, 3.05) is 6.54 Å². The van der Waals surface area contributed by atoms with Crippen molar-refractivity contribution in [3.63, 3.8) is 0 Å². The Morgan fingerprint density at radius 2 is 2.19 bits per heavy atom. The van der Waals surface area contributed by atoms with Gasteiger partial charge in [0.1, 0.15) is 0 Å². The van der Waals surface area contributed by atoms with E-state index in [1.807, 2.05) is 24.8 Å². The van der Waals surface area contributed by atoms with Gasteiger partial charge in [-0.25, -0.2) is 0 Å². The first-order valence-electron chi connectivity index (χ1n) is 5.25. The summed E-state index contributed by atoms with van der Waals surface area (Å²) in [7, 11) is 0. The molecule has 0 bridgehead atoms. The van der Waals surface area contributed by atoms with Crippen LogP contribution in [0.25, 0.3) is 0 Å². The van der Waals surface area contributed by atoms with Crippen molar-refractivity contribution in [3.05, 3.63) is 20.8 Å². The summed E-state index contributed by atoms with van der Waals surface area (Å²) in [5.74, 6) is 0.175. The molecule has 16 heavy (non-hydrogen) atoms. The van der Waals surface area contributed by atoms with Crippen LogP contribution >= 0.6 is 43.2 Å². The van der Waals surface area contributed by atoms with E-state index in [4.69, 9.17) is 0 Å². The predicted octanol–water partition coefficient (Wildman–Crippen LogP) is 4.03. The lowest BCUT2D eigenvalue weighted by Gasteiger charge is -2.22. The highest BCUT2D eigenvalue weighted by Gasteiger charge is 2.19. The lowest BCUT2D eigenvalue weighted by Crippen LogP contribution is -2.35. The molecule has 0 N–H and O–H groups in total. The number of nitrogens with zero attached hydrogens (tertiary/aromatic N) is 1. The van der Waals surface area contributed by atoms with Gasteiger partial charge in [0.2, 0.25) is 5.91 Å². The maximum absolute atomic E-state index is 12.0. The molecule has 0 aliphatic carbocycles. The SMILES string of the molecule is CCC(Br)C(=O)N(CC)Cc1ccc(Br)s1. The molecule has 0 spiro atoms. The number of halogens is 2. The number of hydrogen-bond acceptors (Lipinski definition) is 2. The zero-order valence-electron chi connectivity index (χ0n) is 9.37. The molecule has 1 aromatic rings. The molecule has 90 valence electrons. The van der Waals surface area contributed by atoms with Crippen LogP contribution in [-0.4, -0.2) is 22.2 Å². The Balaban J connectivity index is 2.65. The summed E-state index contributed by atoms with van der Waals surface area (Å²) in [6, 6.07) is 4.07. The molecule has 0 fully saturated rings. The molecule has 1 amide bonds. The third kappa shape index (κ3) is 3.86. The monoisotopic (exact) mass is 367 g/mol. The topological polar surface area (TPSA) is 20.3 Å². The van der Waals surface area contributed by atoms with Crippen molar-refractivity contribution in [2.24, 2.45) is 0 Å². The fourth-order valence-electron chi connectivity index (χ4n) is 1.34. The molecule has 0 aliphatic rings. The van der Waals surface area contributed by atoms with Crippen LogP contribution in [0.4, 0.5) is 0 Å². The molecular weight excluding hydrogens is 354 g/mol. The van der Waals surface area contributed by atoms with Crippen LogP contribution in [0, 0.1) is 0 Å². The molecule has 2 nitrogen and oxygen atoms in total. The van der Waals surface area contributed by atoms with Gasteiger partial charge >= 0.3 is 0 Å². The van der Waals surface area contributed by atoms with Gasteiger partial charge in [-0.15, -0.1) is 11.3 Å². The molecule has 5 heteroatoms. The zero-order valence-corrected chi connectivity index (χ0v) is 13.4. The van der Waals surface area contributed by atoms with Crippen LogP contribution in [0.5, 0.6) is 0 Å². The van der Waals surface area contributed by atoms with E-state index in [2.05, 4.69) is 37.9 Å². The minimum Gasteiger partial charge on any atom is -0.337 e. The second-order valence-corrected chi connectivity index (χ2v) is 7.09. The number of rotatable bonds is 5. The maximum atomic E-state index is 12.0. The third-order valence-electron chi connectivity index (χ3n) is 2.30. The highest BCUT2D eigenvalue weighted by molar-refractivity contribution is 9.11. The number of hydrogen-bond donors (Lipinski definition) is 0. The van der Waals surface area contributed by atoms with E-state index < -0.39 is 0 Å². The number of thiophene rings is 1. The minimum absolute atomic E-state index is 0.0594. The number of carbonyl (C=O) groups excluding carboxylic acids is 1. The molecule has 0 saturated heterocycles. The van der Waals surface area contributed by atoms with Crippen LogP contribution in [0.1, 0.15) is 25.1 Å². The van der Waals surface area contributed by atoms with Crippen LogP contribution in [0.3, 0.4) is 0 Å². The van der Waals surface area contributed by atoms with Crippen molar-refractivity contribution >= 4 is 49.1 Å².